The van der Waals surface area contributed by atoms with Crippen molar-refractivity contribution in [2.24, 2.45) is 0 Å². The number of nitrogens with one attached hydrogen (secondary N) is 1. The van der Waals surface area contributed by atoms with Gasteiger partial charge >= 0.3 is 119 Å². The summed E-state index contributed by atoms with van der Waals surface area (Å²) in [6.07, 6.45) is 1.80. The zero-order valence-corrected chi connectivity index (χ0v) is 12.6. The Bertz CT molecular complexity index is 545. The predicted octanol–water partition coefficient (Wildman–Crippen LogP) is 1.03. The second kappa shape index (κ2) is 7.05. The Balaban J connectivity index is 1.98. The van der Waals surface area contributed by atoms with Crippen molar-refractivity contribution in [1.82, 2.24) is 15.3 Å². The van der Waals surface area contributed by atoms with Gasteiger partial charge in [-0.05, 0) is 0 Å². The first-order chi connectivity index (χ1) is 9.25. The first-order valence-electron chi connectivity index (χ1n) is 6.06. The molecule has 4 nitrogen and oxygen atoms in total. The Morgan fingerprint density at radius 3 is 2.79 bits per heavy atom. The summed E-state index contributed by atoms with van der Waals surface area (Å²) in [6, 6.07) is 11.9. The standard InChI is InChI=1S/C14H15AsN3O/c1-11(19)16-10-8-15-13-7-9-17-14(18-13)12-5-3-2-4-6-12/h2-7,9H,8,10H2,1H3,(H,16,19). The Morgan fingerprint density at radius 1 is 1.26 bits per heavy atom. The normalized spacial score (nSPS) is 10.8. The van der Waals surface area contributed by atoms with Crippen LogP contribution in [0, 0.1) is 0 Å². The van der Waals surface area contributed by atoms with Crippen LogP contribution in [0.15, 0.2) is 42.6 Å². The van der Waals surface area contributed by atoms with E-state index in [1.807, 2.05) is 36.4 Å². The van der Waals surface area contributed by atoms with E-state index in [0.29, 0.717) is 0 Å². The molecule has 1 N–H and O–H groups in total. The van der Waals surface area contributed by atoms with Crippen LogP contribution in [0.1, 0.15) is 6.92 Å². The van der Waals surface area contributed by atoms with Gasteiger partial charge in [0, 0.05) is 0 Å². The van der Waals surface area contributed by atoms with Crippen LogP contribution in [0.3, 0.4) is 0 Å². The molecule has 0 bridgehead atoms. The predicted molar refractivity (Wildman–Crippen MR) is 76.3 cm³/mol. The van der Waals surface area contributed by atoms with E-state index in [9.17, 15) is 4.79 Å². The van der Waals surface area contributed by atoms with Gasteiger partial charge in [0.2, 0.25) is 0 Å². The van der Waals surface area contributed by atoms with Crippen LogP contribution in [-0.4, -0.2) is 38.2 Å². The molecule has 0 atom stereocenters. The van der Waals surface area contributed by atoms with Crippen molar-refractivity contribution < 1.29 is 4.79 Å². The van der Waals surface area contributed by atoms with Gasteiger partial charge in [-0.25, -0.2) is 0 Å². The number of rotatable bonds is 5. The van der Waals surface area contributed by atoms with Crippen molar-refractivity contribution in [2.45, 2.75) is 12.1 Å². The summed E-state index contributed by atoms with van der Waals surface area (Å²) in [7, 11) is 0. The molecule has 2 aromatic rings. The molecule has 5 heteroatoms. The van der Waals surface area contributed by atoms with E-state index >= 15 is 0 Å². The monoisotopic (exact) mass is 316 g/mol. The molecule has 0 spiro atoms. The molecule has 0 saturated heterocycles. The van der Waals surface area contributed by atoms with Gasteiger partial charge in [0.1, 0.15) is 0 Å². The fourth-order valence-electron chi connectivity index (χ4n) is 1.57. The Kier molecular flexibility index (Phi) is 5.10. The van der Waals surface area contributed by atoms with Gasteiger partial charge in [-0.2, -0.15) is 0 Å². The number of carbonyl (C=O) groups excluding carboxylic acids is 1. The van der Waals surface area contributed by atoms with Crippen molar-refractivity contribution in [1.29, 1.82) is 0 Å². The van der Waals surface area contributed by atoms with Gasteiger partial charge in [-0.1, -0.05) is 0 Å². The molecule has 0 aliphatic carbocycles. The van der Waals surface area contributed by atoms with E-state index in [1.54, 1.807) is 6.20 Å². The van der Waals surface area contributed by atoms with Crippen LogP contribution in [0.2, 0.25) is 5.21 Å². The van der Waals surface area contributed by atoms with Crippen molar-refractivity contribution in [3.63, 3.8) is 0 Å². The molecule has 1 aromatic carbocycles. The Hall–Kier alpha value is -1.67. The SMILES string of the molecule is CC(=O)NCC[As]c1ccnc(-c2ccccc2)n1. The summed E-state index contributed by atoms with van der Waals surface area (Å²) >= 11 is -0.0297. The van der Waals surface area contributed by atoms with E-state index in [0.717, 1.165) is 27.6 Å². The minimum absolute atomic E-state index is 0.0221. The number of amides is 1. The van der Waals surface area contributed by atoms with E-state index in [-0.39, 0.29) is 21.7 Å². The number of benzene rings is 1. The van der Waals surface area contributed by atoms with Gasteiger partial charge in [0.15, 0.2) is 0 Å². The summed E-state index contributed by atoms with van der Waals surface area (Å²) in [5.74, 6) is 0.793. The molecule has 2 rings (SSSR count). The number of hydrogen-bond donors (Lipinski definition) is 1. The molecule has 19 heavy (non-hydrogen) atoms. The molecule has 0 aliphatic heterocycles. The third-order valence-electron chi connectivity index (χ3n) is 2.43. The van der Waals surface area contributed by atoms with E-state index in [4.69, 9.17) is 0 Å². The zero-order chi connectivity index (χ0) is 13.5. The third kappa shape index (κ3) is 4.49. The Labute approximate surface area is 119 Å². The molecule has 97 valence electrons. The van der Waals surface area contributed by atoms with Crippen LogP contribution in [0.4, 0.5) is 0 Å². The number of nitrogens with zero attached hydrogens (tertiary/aromatic N) is 2. The van der Waals surface area contributed by atoms with Gasteiger partial charge in [-0.3, -0.25) is 0 Å². The first kappa shape index (κ1) is 13.8. The van der Waals surface area contributed by atoms with Crippen LogP contribution >= 0.6 is 0 Å². The molecule has 0 saturated carbocycles. The van der Waals surface area contributed by atoms with Crippen molar-refractivity contribution in [2.75, 3.05) is 6.54 Å². The summed E-state index contributed by atoms with van der Waals surface area (Å²) in [6.45, 7) is 2.26. The molecule has 0 aliphatic rings. The van der Waals surface area contributed by atoms with Crippen LogP contribution in [0.5, 0.6) is 0 Å². The Morgan fingerprint density at radius 2 is 2.05 bits per heavy atom. The number of aromatic nitrogens is 2. The van der Waals surface area contributed by atoms with Crippen LogP contribution in [-0.2, 0) is 4.79 Å². The summed E-state index contributed by atoms with van der Waals surface area (Å²) in [5, 5.41) is 3.78. The molecule has 0 unspecified atom stereocenters. The van der Waals surface area contributed by atoms with Crippen molar-refractivity contribution >= 4 is 26.1 Å². The van der Waals surface area contributed by atoms with Gasteiger partial charge in [0.05, 0.1) is 0 Å². The van der Waals surface area contributed by atoms with Crippen molar-refractivity contribution in [3.05, 3.63) is 42.6 Å². The maximum absolute atomic E-state index is 10.8. The molecule has 1 heterocycles. The van der Waals surface area contributed by atoms with E-state index in [1.165, 1.54) is 6.92 Å². The summed E-state index contributed by atoms with van der Waals surface area (Å²) in [4.78, 5) is 19.6. The molecular weight excluding hydrogens is 301 g/mol. The van der Waals surface area contributed by atoms with E-state index in [2.05, 4.69) is 15.3 Å². The quantitative estimate of drug-likeness (QED) is 0.662. The molecular formula is C14H15AsN3O. The zero-order valence-electron chi connectivity index (χ0n) is 10.7. The van der Waals surface area contributed by atoms with Crippen molar-refractivity contribution in [3.8, 4) is 11.4 Å². The van der Waals surface area contributed by atoms with Gasteiger partial charge in [0.25, 0.3) is 0 Å². The fraction of sp³-hybridized carbons (Fsp3) is 0.214. The average Bonchev–Trinajstić information content (AvgIpc) is 2.45. The number of carbonyl (C=O) groups is 1. The number of hydrogen-bond acceptors (Lipinski definition) is 3. The molecule has 1 aromatic heterocycles. The second-order valence-electron chi connectivity index (χ2n) is 3.97. The second-order valence-corrected chi connectivity index (χ2v) is 6.53. The summed E-state index contributed by atoms with van der Waals surface area (Å²) in [5.41, 5.74) is 1.03. The minimum atomic E-state index is -0.0297. The van der Waals surface area contributed by atoms with E-state index < -0.39 is 0 Å². The molecule has 0 fully saturated rings. The topological polar surface area (TPSA) is 54.9 Å². The molecule has 1 amide bonds. The van der Waals surface area contributed by atoms with Crippen LogP contribution in [0.25, 0.3) is 11.4 Å². The van der Waals surface area contributed by atoms with Gasteiger partial charge in [-0.15, -0.1) is 0 Å². The fourth-order valence-corrected chi connectivity index (χ4v) is 3.22. The van der Waals surface area contributed by atoms with Crippen LogP contribution < -0.4 is 9.80 Å². The third-order valence-corrected chi connectivity index (χ3v) is 4.57. The first-order valence-corrected chi connectivity index (χ1v) is 8.32. The summed E-state index contributed by atoms with van der Waals surface area (Å²) < 4.78 is 1.09. The maximum atomic E-state index is 10.8. The average molecular weight is 316 g/mol. The molecule has 1 radical (unpaired) electrons. The van der Waals surface area contributed by atoms with Gasteiger partial charge < -0.3 is 0 Å².